The highest BCUT2D eigenvalue weighted by atomic mass is 16.2. The highest BCUT2D eigenvalue weighted by Gasteiger charge is 2.18. The van der Waals surface area contributed by atoms with Crippen molar-refractivity contribution < 1.29 is 14.5 Å². The number of imide groups is 1. The molecule has 3 amide bonds. The summed E-state index contributed by atoms with van der Waals surface area (Å²) in [5, 5.41) is 5.10. The largest absolute Gasteiger partial charge is 0.335 e. The summed E-state index contributed by atoms with van der Waals surface area (Å²) in [7, 11) is 0. The molecule has 0 aromatic carbocycles. The van der Waals surface area contributed by atoms with Gasteiger partial charge in [-0.1, -0.05) is 6.92 Å². The van der Waals surface area contributed by atoms with Crippen LogP contribution in [0.5, 0.6) is 0 Å². The number of carbonyl (C=O) groups is 2. The number of nitrogens with one attached hydrogen (secondary N) is 3. The summed E-state index contributed by atoms with van der Waals surface area (Å²) in [6.07, 6.45) is 4.49. The van der Waals surface area contributed by atoms with Crippen LogP contribution in [0, 0.1) is 0 Å². The van der Waals surface area contributed by atoms with Gasteiger partial charge in [-0.3, -0.25) is 10.1 Å². The number of hydrogen-bond donors (Lipinski definition) is 3. The van der Waals surface area contributed by atoms with Gasteiger partial charge in [-0.05, 0) is 32.6 Å². The summed E-state index contributed by atoms with van der Waals surface area (Å²) < 4.78 is 0. The van der Waals surface area contributed by atoms with Crippen molar-refractivity contribution >= 4 is 11.9 Å². The molecule has 1 rings (SSSR count). The van der Waals surface area contributed by atoms with Gasteiger partial charge >= 0.3 is 6.03 Å². The molecule has 98 valence electrons. The number of hydrogen-bond acceptors (Lipinski definition) is 2. The zero-order chi connectivity index (χ0) is 12.7. The fourth-order valence-corrected chi connectivity index (χ4v) is 1.99. The molecule has 0 aromatic rings. The summed E-state index contributed by atoms with van der Waals surface area (Å²) in [5.41, 5.74) is 0. The topological polar surface area (TPSA) is 62.6 Å². The molecule has 0 radical (unpaired) electrons. The van der Waals surface area contributed by atoms with Crippen molar-refractivity contribution in [2.75, 3.05) is 19.6 Å². The number of likely N-dealkylation sites (tertiary alicyclic amines) is 1. The van der Waals surface area contributed by atoms with Crippen molar-refractivity contribution in [1.29, 1.82) is 0 Å². The first kappa shape index (κ1) is 14.0. The zero-order valence-corrected chi connectivity index (χ0v) is 10.8. The molecular formula is C12H24N3O2+. The van der Waals surface area contributed by atoms with Crippen molar-refractivity contribution in [3.05, 3.63) is 0 Å². The molecule has 5 heteroatoms. The first-order chi connectivity index (χ1) is 8.11. The third-order valence-corrected chi connectivity index (χ3v) is 3.21. The van der Waals surface area contributed by atoms with Crippen molar-refractivity contribution in [1.82, 2.24) is 10.6 Å². The summed E-state index contributed by atoms with van der Waals surface area (Å²) >= 11 is 0. The molecule has 1 fully saturated rings. The summed E-state index contributed by atoms with van der Waals surface area (Å²) in [6, 6.07) is -0.272. The van der Waals surface area contributed by atoms with Gasteiger partial charge in [0.05, 0.1) is 13.1 Å². The predicted molar refractivity (Wildman–Crippen MR) is 65.8 cm³/mol. The van der Waals surface area contributed by atoms with Gasteiger partial charge in [-0.25, -0.2) is 4.79 Å². The fourth-order valence-electron chi connectivity index (χ4n) is 1.99. The lowest BCUT2D eigenvalue weighted by molar-refractivity contribution is -0.896. The van der Waals surface area contributed by atoms with Crippen LogP contribution in [0.4, 0.5) is 4.79 Å². The molecule has 0 saturated carbocycles. The van der Waals surface area contributed by atoms with Crippen LogP contribution in [-0.2, 0) is 4.79 Å². The first-order valence-corrected chi connectivity index (χ1v) is 6.55. The van der Waals surface area contributed by atoms with E-state index in [0.717, 1.165) is 19.5 Å². The molecule has 1 aliphatic heterocycles. The van der Waals surface area contributed by atoms with Gasteiger partial charge < -0.3 is 10.2 Å². The lowest BCUT2D eigenvalue weighted by Crippen LogP contribution is -3.14. The van der Waals surface area contributed by atoms with Gasteiger partial charge in [0.25, 0.3) is 5.91 Å². The molecule has 1 saturated heterocycles. The van der Waals surface area contributed by atoms with Crippen LogP contribution in [-0.4, -0.2) is 37.6 Å². The SMILES string of the molecule is CC[C@@H](C)NC(=O)NC(=O)C[NH+]1CCCCC1. The smallest absolute Gasteiger partial charge is 0.321 e. The number of quaternary nitrogens is 1. The van der Waals surface area contributed by atoms with Crippen LogP contribution in [0.25, 0.3) is 0 Å². The molecule has 3 N–H and O–H groups in total. The Balaban J connectivity index is 2.21. The molecule has 1 heterocycles. The monoisotopic (exact) mass is 242 g/mol. The van der Waals surface area contributed by atoms with Crippen molar-refractivity contribution in [2.24, 2.45) is 0 Å². The second-order valence-corrected chi connectivity index (χ2v) is 4.82. The van der Waals surface area contributed by atoms with Crippen LogP contribution in [0.15, 0.2) is 0 Å². The Kier molecular flexibility index (Phi) is 5.97. The fraction of sp³-hybridized carbons (Fsp3) is 0.833. The van der Waals surface area contributed by atoms with Crippen LogP contribution >= 0.6 is 0 Å². The van der Waals surface area contributed by atoms with Gasteiger partial charge in [0.15, 0.2) is 6.54 Å². The maximum absolute atomic E-state index is 11.6. The molecular weight excluding hydrogens is 218 g/mol. The lowest BCUT2D eigenvalue weighted by Gasteiger charge is -2.22. The standard InChI is InChI=1S/C12H23N3O2/c1-3-10(2)13-12(17)14-11(16)9-15-7-5-4-6-8-15/h10H,3-9H2,1-2H3,(H2,13,14,16,17)/p+1/t10-/m1/s1. The first-order valence-electron chi connectivity index (χ1n) is 6.55. The summed E-state index contributed by atoms with van der Waals surface area (Å²) in [5.74, 6) is -0.178. The quantitative estimate of drug-likeness (QED) is 0.633. The maximum atomic E-state index is 11.6. The second-order valence-electron chi connectivity index (χ2n) is 4.82. The normalized spacial score (nSPS) is 18.5. The number of amides is 3. The minimum Gasteiger partial charge on any atom is -0.335 e. The highest BCUT2D eigenvalue weighted by molar-refractivity contribution is 5.94. The van der Waals surface area contributed by atoms with Gasteiger partial charge in [0.1, 0.15) is 0 Å². The van der Waals surface area contributed by atoms with E-state index in [2.05, 4.69) is 10.6 Å². The van der Waals surface area contributed by atoms with Crippen LogP contribution in [0.2, 0.25) is 0 Å². The van der Waals surface area contributed by atoms with Crippen molar-refractivity contribution in [3.8, 4) is 0 Å². The number of carbonyl (C=O) groups excluding carboxylic acids is 2. The van der Waals surface area contributed by atoms with E-state index in [1.165, 1.54) is 24.2 Å². The molecule has 0 spiro atoms. The van der Waals surface area contributed by atoms with E-state index < -0.39 is 0 Å². The van der Waals surface area contributed by atoms with E-state index in [4.69, 9.17) is 0 Å². The third kappa shape index (κ3) is 5.68. The Morgan fingerprint density at radius 3 is 2.47 bits per heavy atom. The zero-order valence-electron chi connectivity index (χ0n) is 10.8. The Labute approximate surface area is 103 Å². The number of rotatable bonds is 4. The van der Waals surface area contributed by atoms with Gasteiger partial charge in [-0.2, -0.15) is 0 Å². The lowest BCUT2D eigenvalue weighted by atomic mass is 10.1. The average molecular weight is 242 g/mol. The van der Waals surface area contributed by atoms with E-state index in [1.54, 1.807) is 0 Å². The van der Waals surface area contributed by atoms with Crippen LogP contribution in [0.3, 0.4) is 0 Å². The number of piperidine rings is 1. The van der Waals surface area contributed by atoms with E-state index in [-0.39, 0.29) is 18.0 Å². The maximum Gasteiger partial charge on any atom is 0.321 e. The Morgan fingerprint density at radius 1 is 1.24 bits per heavy atom. The van der Waals surface area contributed by atoms with Gasteiger partial charge in [0, 0.05) is 6.04 Å². The van der Waals surface area contributed by atoms with Crippen molar-refractivity contribution in [2.45, 2.75) is 45.6 Å². The van der Waals surface area contributed by atoms with Crippen LogP contribution in [0.1, 0.15) is 39.5 Å². The number of urea groups is 1. The molecule has 0 unspecified atom stereocenters. The van der Waals surface area contributed by atoms with Crippen LogP contribution < -0.4 is 15.5 Å². The minimum atomic E-state index is -0.374. The second kappa shape index (κ2) is 7.27. The average Bonchev–Trinajstić information content (AvgIpc) is 2.29. The van der Waals surface area contributed by atoms with Gasteiger partial charge in [-0.15, -0.1) is 0 Å². The molecule has 0 aliphatic carbocycles. The Morgan fingerprint density at radius 2 is 1.88 bits per heavy atom. The third-order valence-electron chi connectivity index (χ3n) is 3.21. The Hall–Kier alpha value is -1.10. The predicted octanol–water partition coefficient (Wildman–Crippen LogP) is -0.320. The molecule has 0 aromatic heterocycles. The van der Waals surface area contributed by atoms with Gasteiger partial charge in [0.2, 0.25) is 0 Å². The summed E-state index contributed by atoms with van der Waals surface area (Å²) in [6.45, 7) is 6.40. The van der Waals surface area contributed by atoms with E-state index in [9.17, 15) is 9.59 Å². The van der Waals surface area contributed by atoms with E-state index >= 15 is 0 Å². The van der Waals surface area contributed by atoms with E-state index in [1.807, 2.05) is 13.8 Å². The summed E-state index contributed by atoms with van der Waals surface area (Å²) in [4.78, 5) is 24.3. The molecule has 17 heavy (non-hydrogen) atoms. The highest BCUT2D eigenvalue weighted by Crippen LogP contribution is 1.94. The molecule has 1 atom stereocenters. The molecule has 1 aliphatic rings. The minimum absolute atomic E-state index is 0.102. The Bertz CT molecular complexity index is 262. The molecule has 5 nitrogen and oxygen atoms in total. The molecule has 0 bridgehead atoms. The van der Waals surface area contributed by atoms with E-state index in [0.29, 0.717) is 6.54 Å². The van der Waals surface area contributed by atoms with Crippen molar-refractivity contribution in [3.63, 3.8) is 0 Å².